The average molecular weight is 609 g/mol. The summed E-state index contributed by atoms with van der Waals surface area (Å²) in [4.78, 5) is 28.9. The molecule has 3 aromatic carbocycles. The minimum Gasteiger partial charge on any atom is -0.354 e. The van der Waals surface area contributed by atoms with Gasteiger partial charge in [-0.25, -0.2) is 12.8 Å². The fraction of sp³-hybridized carbons (Fsp3) is 0.310. The zero-order valence-corrected chi connectivity index (χ0v) is 24.8. The van der Waals surface area contributed by atoms with E-state index in [0.717, 1.165) is 28.3 Å². The van der Waals surface area contributed by atoms with Crippen LogP contribution in [0.25, 0.3) is 0 Å². The van der Waals surface area contributed by atoms with E-state index in [1.807, 2.05) is 44.2 Å². The molecular formula is C29H32Cl2FN3O4S. The Hall–Kier alpha value is -3.14. The third-order valence-corrected chi connectivity index (χ3v) is 7.83. The summed E-state index contributed by atoms with van der Waals surface area (Å²) < 4.78 is 39.9. The van der Waals surface area contributed by atoms with E-state index >= 15 is 0 Å². The first-order valence-corrected chi connectivity index (χ1v) is 15.2. The van der Waals surface area contributed by atoms with Crippen LogP contribution in [0, 0.1) is 11.7 Å². The molecule has 0 bridgehead atoms. The molecule has 0 radical (unpaired) electrons. The number of carbonyl (C=O) groups excluding carboxylic acids is 2. The van der Waals surface area contributed by atoms with E-state index in [4.69, 9.17) is 23.2 Å². The predicted molar refractivity (Wildman–Crippen MR) is 157 cm³/mol. The zero-order valence-electron chi connectivity index (χ0n) is 22.5. The van der Waals surface area contributed by atoms with Gasteiger partial charge in [-0.3, -0.25) is 13.9 Å². The van der Waals surface area contributed by atoms with Crippen molar-refractivity contribution < 1.29 is 22.4 Å². The quantitative estimate of drug-likeness (QED) is 0.302. The Morgan fingerprint density at radius 3 is 2.20 bits per heavy atom. The molecule has 3 aromatic rings. The highest BCUT2D eigenvalue weighted by Gasteiger charge is 2.33. The lowest BCUT2D eigenvalue weighted by molar-refractivity contribution is -0.140. The molecule has 11 heteroatoms. The Bertz CT molecular complexity index is 1420. The maximum Gasteiger partial charge on any atom is 0.244 e. The van der Waals surface area contributed by atoms with Crippen LogP contribution in [0.15, 0.2) is 72.8 Å². The molecule has 0 fully saturated rings. The van der Waals surface area contributed by atoms with Crippen molar-refractivity contribution in [3.05, 3.63) is 99.8 Å². The summed E-state index contributed by atoms with van der Waals surface area (Å²) in [6, 6.07) is 17.8. The molecule has 0 spiro atoms. The maximum absolute atomic E-state index is 14.0. The van der Waals surface area contributed by atoms with E-state index in [0.29, 0.717) is 22.2 Å². The van der Waals surface area contributed by atoms with Gasteiger partial charge in [0, 0.05) is 29.6 Å². The molecule has 40 heavy (non-hydrogen) atoms. The summed E-state index contributed by atoms with van der Waals surface area (Å²) in [6.45, 7) is 3.60. The first-order valence-electron chi connectivity index (χ1n) is 12.6. The van der Waals surface area contributed by atoms with Crippen LogP contribution in [0.3, 0.4) is 0 Å². The molecule has 0 aliphatic rings. The van der Waals surface area contributed by atoms with Crippen LogP contribution in [0.1, 0.15) is 25.0 Å². The van der Waals surface area contributed by atoms with E-state index in [2.05, 4.69) is 5.32 Å². The monoisotopic (exact) mass is 607 g/mol. The van der Waals surface area contributed by atoms with Crippen molar-refractivity contribution in [2.45, 2.75) is 32.9 Å². The molecule has 0 aliphatic carbocycles. The van der Waals surface area contributed by atoms with E-state index in [-0.39, 0.29) is 30.5 Å². The third-order valence-electron chi connectivity index (χ3n) is 6.11. The van der Waals surface area contributed by atoms with Gasteiger partial charge < -0.3 is 10.2 Å². The number of benzene rings is 3. The van der Waals surface area contributed by atoms with E-state index < -0.39 is 34.3 Å². The molecule has 0 unspecified atom stereocenters. The largest absolute Gasteiger partial charge is 0.354 e. The Morgan fingerprint density at radius 1 is 0.975 bits per heavy atom. The lowest BCUT2D eigenvalue weighted by Gasteiger charge is -2.34. The van der Waals surface area contributed by atoms with Crippen LogP contribution >= 0.6 is 23.2 Å². The molecule has 0 aromatic heterocycles. The van der Waals surface area contributed by atoms with Gasteiger partial charge >= 0.3 is 0 Å². The van der Waals surface area contributed by atoms with Crippen molar-refractivity contribution in [3.8, 4) is 0 Å². The number of nitrogens with zero attached hydrogens (tertiary/aromatic N) is 2. The normalized spacial score (nSPS) is 12.2. The summed E-state index contributed by atoms with van der Waals surface area (Å²) in [7, 11) is -3.95. The number of halogens is 3. The minimum atomic E-state index is -3.95. The molecule has 214 valence electrons. The number of carbonyl (C=O) groups is 2. The van der Waals surface area contributed by atoms with Gasteiger partial charge in [0.15, 0.2) is 0 Å². The van der Waals surface area contributed by atoms with Gasteiger partial charge in [-0.05, 0) is 53.4 Å². The molecule has 7 nitrogen and oxygen atoms in total. The lowest BCUT2D eigenvalue weighted by atomic mass is 10.0. The summed E-state index contributed by atoms with van der Waals surface area (Å²) in [6.07, 6.45) is 1.14. The molecule has 3 rings (SSSR count). The molecular weight excluding hydrogens is 576 g/mol. The second-order valence-electron chi connectivity index (χ2n) is 9.85. The SMILES string of the molecule is CC(C)CNC(=O)[C@@H](Cc1ccccc1)N(Cc1ccc(Cl)cc1Cl)C(=O)CN(c1ccc(F)cc1)S(C)(=O)=O. The number of anilines is 1. The smallest absolute Gasteiger partial charge is 0.244 e. The zero-order chi connectivity index (χ0) is 29.4. The molecule has 1 atom stereocenters. The van der Waals surface area contributed by atoms with E-state index in [9.17, 15) is 22.4 Å². The van der Waals surface area contributed by atoms with Crippen LogP contribution in [0.4, 0.5) is 10.1 Å². The highest BCUT2D eigenvalue weighted by molar-refractivity contribution is 7.92. The average Bonchev–Trinajstić information content (AvgIpc) is 2.89. The first kappa shape index (κ1) is 31.4. The van der Waals surface area contributed by atoms with Crippen LogP contribution in [0.2, 0.25) is 10.0 Å². The van der Waals surface area contributed by atoms with Crippen molar-refractivity contribution in [1.82, 2.24) is 10.2 Å². The molecule has 0 aliphatic heterocycles. The van der Waals surface area contributed by atoms with Crippen LogP contribution in [0.5, 0.6) is 0 Å². The van der Waals surface area contributed by atoms with Crippen molar-refractivity contribution >= 4 is 50.7 Å². The fourth-order valence-corrected chi connectivity index (χ4v) is 5.35. The van der Waals surface area contributed by atoms with E-state index in [1.54, 1.807) is 12.1 Å². The van der Waals surface area contributed by atoms with Crippen LogP contribution < -0.4 is 9.62 Å². The van der Waals surface area contributed by atoms with Gasteiger partial charge in [0.25, 0.3) is 0 Å². The number of rotatable bonds is 12. The van der Waals surface area contributed by atoms with Crippen molar-refractivity contribution in [2.24, 2.45) is 5.92 Å². The second-order valence-corrected chi connectivity index (χ2v) is 12.6. The van der Waals surface area contributed by atoms with Crippen molar-refractivity contribution in [2.75, 3.05) is 23.7 Å². The summed E-state index contributed by atoms with van der Waals surface area (Å²) in [5.74, 6) is -1.41. The highest BCUT2D eigenvalue weighted by atomic mass is 35.5. The van der Waals surface area contributed by atoms with Gasteiger partial charge in [0.05, 0.1) is 11.9 Å². The van der Waals surface area contributed by atoms with Crippen LogP contribution in [-0.4, -0.2) is 50.5 Å². The minimum absolute atomic E-state index is 0.0809. The van der Waals surface area contributed by atoms with E-state index in [1.165, 1.54) is 23.1 Å². The number of hydrogen-bond acceptors (Lipinski definition) is 4. The van der Waals surface area contributed by atoms with Gasteiger partial charge in [-0.15, -0.1) is 0 Å². The van der Waals surface area contributed by atoms with Gasteiger partial charge in [-0.2, -0.15) is 0 Å². The lowest BCUT2D eigenvalue weighted by Crippen LogP contribution is -2.53. The third kappa shape index (κ3) is 8.94. The number of sulfonamides is 1. The fourth-order valence-electron chi connectivity index (χ4n) is 4.03. The predicted octanol–water partition coefficient (Wildman–Crippen LogP) is 5.31. The first-order chi connectivity index (χ1) is 18.8. The molecule has 2 amide bonds. The molecule has 1 N–H and O–H groups in total. The second kappa shape index (κ2) is 14.0. The van der Waals surface area contributed by atoms with Crippen molar-refractivity contribution in [1.29, 1.82) is 0 Å². The summed E-state index contributed by atoms with van der Waals surface area (Å²) in [5, 5.41) is 3.61. The van der Waals surface area contributed by atoms with Gasteiger partial charge in [0.1, 0.15) is 18.4 Å². The Balaban J connectivity index is 2.06. The summed E-state index contributed by atoms with van der Waals surface area (Å²) >= 11 is 12.5. The Morgan fingerprint density at radius 2 is 1.62 bits per heavy atom. The van der Waals surface area contributed by atoms with Crippen molar-refractivity contribution in [3.63, 3.8) is 0 Å². The van der Waals surface area contributed by atoms with Crippen LogP contribution in [-0.2, 0) is 32.6 Å². The molecule has 0 heterocycles. The number of hydrogen-bond donors (Lipinski definition) is 1. The topological polar surface area (TPSA) is 86.8 Å². The Labute approximate surface area is 244 Å². The Kier molecular flexibility index (Phi) is 11.0. The standard InChI is InChI=1S/C29H32Cl2FN3O4S/c1-20(2)17-33-29(37)27(15-21-7-5-4-6-8-21)34(18-22-9-10-23(30)16-26(22)31)28(36)19-35(40(3,38)39)25-13-11-24(32)12-14-25/h4-14,16,20,27H,15,17-19H2,1-3H3,(H,33,37)/t27-/m1/s1. The highest BCUT2D eigenvalue weighted by Crippen LogP contribution is 2.25. The molecule has 0 saturated heterocycles. The molecule has 0 saturated carbocycles. The maximum atomic E-state index is 14.0. The number of amides is 2. The summed E-state index contributed by atoms with van der Waals surface area (Å²) in [5.41, 5.74) is 1.46. The van der Waals surface area contributed by atoms with Gasteiger partial charge in [0.2, 0.25) is 21.8 Å². The number of nitrogens with one attached hydrogen (secondary N) is 1. The van der Waals surface area contributed by atoms with Gasteiger partial charge in [-0.1, -0.05) is 73.4 Å².